The summed E-state index contributed by atoms with van der Waals surface area (Å²) in [5.74, 6) is -0.0264. The van der Waals surface area contributed by atoms with Crippen LogP contribution in [-0.4, -0.2) is 23.9 Å². The molecule has 0 aliphatic carbocycles. The van der Waals surface area contributed by atoms with E-state index in [9.17, 15) is 4.79 Å². The fourth-order valence-electron chi connectivity index (χ4n) is 3.57. The number of thiophene rings is 1. The number of benzene rings is 2. The molecule has 0 spiro atoms. The van der Waals surface area contributed by atoms with Crippen molar-refractivity contribution in [1.29, 1.82) is 0 Å². The summed E-state index contributed by atoms with van der Waals surface area (Å²) in [5.41, 5.74) is 3.52. The first-order chi connectivity index (χ1) is 13.2. The molecule has 1 aromatic heterocycles. The smallest absolute Gasteiger partial charge is 0.251 e. The maximum Gasteiger partial charge on any atom is 0.251 e. The highest BCUT2D eigenvalue weighted by atomic mass is 79.9. The quantitative estimate of drug-likeness (QED) is 0.602. The number of nitrogens with one attached hydrogen (secondary N) is 1. The molecule has 2 heterocycles. The van der Waals surface area contributed by atoms with Gasteiger partial charge in [-0.3, -0.25) is 9.69 Å². The van der Waals surface area contributed by atoms with Crippen molar-refractivity contribution in [2.24, 2.45) is 0 Å². The van der Waals surface area contributed by atoms with E-state index in [4.69, 9.17) is 0 Å². The average Bonchev–Trinajstić information content (AvgIpc) is 3.23. The minimum absolute atomic E-state index is 0.0264. The maximum absolute atomic E-state index is 12.6. The molecule has 1 atom stereocenters. The molecule has 0 fully saturated rings. The number of carbonyl (C=O) groups excluding carboxylic acids is 1. The third kappa shape index (κ3) is 4.32. The lowest BCUT2D eigenvalue weighted by atomic mass is 9.98. The highest BCUT2D eigenvalue weighted by molar-refractivity contribution is 9.10. The molecule has 0 unspecified atom stereocenters. The number of nitrogens with zero attached hydrogens (tertiary/aromatic N) is 1. The van der Waals surface area contributed by atoms with Crippen LogP contribution in [0.5, 0.6) is 0 Å². The van der Waals surface area contributed by atoms with Crippen molar-refractivity contribution in [3.63, 3.8) is 0 Å². The van der Waals surface area contributed by atoms with Gasteiger partial charge in [-0.25, -0.2) is 0 Å². The van der Waals surface area contributed by atoms with Crippen LogP contribution in [0.1, 0.15) is 32.4 Å². The Balaban J connectivity index is 1.49. The van der Waals surface area contributed by atoms with E-state index >= 15 is 0 Å². The van der Waals surface area contributed by atoms with Gasteiger partial charge in [-0.15, -0.1) is 11.3 Å². The highest BCUT2D eigenvalue weighted by Gasteiger charge is 2.26. The van der Waals surface area contributed by atoms with E-state index in [1.165, 1.54) is 16.0 Å². The van der Waals surface area contributed by atoms with Crippen molar-refractivity contribution < 1.29 is 4.79 Å². The Labute approximate surface area is 172 Å². The first-order valence-electron chi connectivity index (χ1n) is 9.09. The van der Waals surface area contributed by atoms with Crippen LogP contribution in [0.3, 0.4) is 0 Å². The summed E-state index contributed by atoms with van der Waals surface area (Å²) in [6.45, 7) is 2.54. The van der Waals surface area contributed by atoms with E-state index in [0.717, 1.165) is 24.0 Å². The normalized spacial score (nSPS) is 15.1. The molecule has 0 saturated carbocycles. The third-order valence-corrected chi connectivity index (χ3v) is 6.54. The Bertz CT molecular complexity index is 908. The van der Waals surface area contributed by atoms with Gasteiger partial charge in [0.25, 0.3) is 5.91 Å². The zero-order valence-electron chi connectivity index (χ0n) is 14.9. The van der Waals surface area contributed by atoms with Gasteiger partial charge >= 0.3 is 0 Å². The van der Waals surface area contributed by atoms with Crippen molar-refractivity contribution in [1.82, 2.24) is 10.2 Å². The summed E-state index contributed by atoms with van der Waals surface area (Å²) in [4.78, 5) is 16.3. The summed E-state index contributed by atoms with van der Waals surface area (Å²) < 4.78 is 0.975. The lowest BCUT2D eigenvalue weighted by molar-refractivity contribution is 0.0929. The molecule has 3 nitrogen and oxygen atoms in total. The van der Waals surface area contributed by atoms with Crippen LogP contribution < -0.4 is 5.32 Å². The fraction of sp³-hybridized carbons (Fsp3) is 0.227. The average molecular weight is 441 g/mol. The number of hydrogen-bond donors (Lipinski definition) is 1. The van der Waals surface area contributed by atoms with Crippen LogP contribution in [0.15, 0.2) is 70.5 Å². The second kappa shape index (κ2) is 8.38. The van der Waals surface area contributed by atoms with Crippen molar-refractivity contribution >= 4 is 33.2 Å². The molecule has 27 heavy (non-hydrogen) atoms. The van der Waals surface area contributed by atoms with Gasteiger partial charge in [0.15, 0.2) is 0 Å². The summed E-state index contributed by atoms with van der Waals surface area (Å²) in [7, 11) is 0. The van der Waals surface area contributed by atoms with Crippen LogP contribution in [-0.2, 0) is 13.0 Å². The van der Waals surface area contributed by atoms with Gasteiger partial charge in [0.1, 0.15) is 0 Å². The summed E-state index contributed by atoms with van der Waals surface area (Å²) in [6, 6.07) is 20.6. The standard InChI is InChI=1S/C22H21BrN2OS/c23-19-9-7-17(8-10-19)22(26)24-14-20(21-6-3-13-27-21)25-12-11-16-4-1-2-5-18(16)15-25/h1-10,13,20H,11-12,14-15H2,(H,24,26)/t20-/m0/s1. The van der Waals surface area contributed by atoms with E-state index in [2.05, 4.69) is 67.9 Å². The first-order valence-corrected chi connectivity index (χ1v) is 10.8. The van der Waals surface area contributed by atoms with E-state index in [1.807, 2.05) is 24.3 Å². The molecular formula is C22H21BrN2OS. The highest BCUT2D eigenvalue weighted by Crippen LogP contribution is 2.30. The number of halogens is 1. The van der Waals surface area contributed by atoms with Crippen molar-refractivity contribution in [3.05, 3.63) is 92.1 Å². The van der Waals surface area contributed by atoms with Gasteiger partial charge in [-0.1, -0.05) is 46.3 Å². The summed E-state index contributed by atoms with van der Waals surface area (Å²) >= 11 is 5.17. The van der Waals surface area contributed by atoms with Crippen molar-refractivity contribution in [3.8, 4) is 0 Å². The van der Waals surface area contributed by atoms with Crippen LogP contribution >= 0.6 is 27.3 Å². The molecule has 0 saturated heterocycles. The Morgan fingerprint density at radius 3 is 2.59 bits per heavy atom. The predicted octanol–water partition coefficient (Wildman–Crippen LogP) is 5.04. The number of carbonyl (C=O) groups is 1. The van der Waals surface area contributed by atoms with Gasteiger partial charge in [0.05, 0.1) is 6.04 Å². The van der Waals surface area contributed by atoms with Gasteiger partial charge in [-0.05, 0) is 53.3 Å². The van der Waals surface area contributed by atoms with Gasteiger partial charge in [0, 0.05) is 34.5 Å². The molecule has 2 aromatic carbocycles. The molecule has 1 aliphatic heterocycles. The van der Waals surface area contributed by atoms with E-state index in [-0.39, 0.29) is 11.9 Å². The van der Waals surface area contributed by atoms with Gasteiger partial charge < -0.3 is 5.32 Å². The van der Waals surface area contributed by atoms with Crippen LogP contribution in [0.25, 0.3) is 0 Å². The molecule has 4 rings (SSSR count). The number of hydrogen-bond acceptors (Lipinski definition) is 3. The number of rotatable bonds is 5. The molecular weight excluding hydrogens is 420 g/mol. The monoisotopic (exact) mass is 440 g/mol. The van der Waals surface area contributed by atoms with E-state index < -0.39 is 0 Å². The minimum atomic E-state index is -0.0264. The maximum atomic E-state index is 12.6. The second-order valence-electron chi connectivity index (χ2n) is 6.74. The van der Waals surface area contributed by atoms with Crippen molar-refractivity contribution in [2.75, 3.05) is 13.1 Å². The predicted molar refractivity (Wildman–Crippen MR) is 114 cm³/mol. The van der Waals surface area contributed by atoms with Gasteiger partial charge in [-0.2, -0.15) is 0 Å². The van der Waals surface area contributed by atoms with Crippen LogP contribution in [0.4, 0.5) is 0 Å². The summed E-state index contributed by atoms with van der Waals surface area (Å²) in [6.07, 6.45) is 1.05. The largest absolute Gasteiger partial charge is 0.350 e. The lowest BCUT2D eigenvalue weighted by Crippen LogP contribution is -2.40. The van der Waals surface area contributed by atoms with Crippen molar-refractivity contribution in [2.45, 2.75) is 19.0 Å². The molecule has 0 bridgehead atoms. The molecule has 0 radical (unpaired) electrons. The number of fused-ring (bicyclic) bond motifs is 1. The van der Waals surface area contributed by atoms with Crippen LogP contribution in [0.2, 0.25) is 0 Å². The molecule has 1 aliphatic rings. The Kier molecular flexibility index (Phi) is 5.72. The summed E-state index contributed by atoms with van der Waals surface area (Å²) in [5, 5.41) is 5.25. The number of amides is 1. The van der Waals surface area contributed by atoms with Crippen LogP contribution in [0, 0.1) is 0 Å². The zero-order chi connectivity index (χ0) is 18.6. The fourth-order valence-corrected chi connectivity index (χ4v) is 4.69. The van der Waals surface area contributed by atoms with E-state index in [0.29, 0.717) is 12.1 Å². The lowest BCUT2D eigenvalue weighted by Gasteiger charge is -2.35. The topological polar surface area (TPSA) is 32.3 Å². The SMILES string of the molecule is O=C(NC[C@@H](c1cccs1)N1CCc2ccccc2C1)c1ccc(Br)cc1. The Hall–Kier alpha value is -1.95. The molecule has 1 amide bonds. The van der Waals surface area contributed by atoms with Gasteiger partial charge in [0.2, 0.25) is 0 Å². The second-order valence-corrected chi connectivity index (χ2v) is 8.63. The molecule has 138 valence electrons. The Morgan fingerprint density at radius 1 is 1.07 bits per heavy atom. The first kappa shape index (κ1) is 18.4. The molecule has 5 heteroatoms. The zero-order valence-corrected chi connectivity index (χ0v) is 17.3. The van der Waals surface area contributed by atoms with E-state index in [1.54, 1.807) is 11.3 Å². The Morgan fingerprint density at radius 2 is 1.85 bits per heavy atom. The molecule has 1 N–H and O–H groups in total. The molecule has 3 aromatic rings. The minimum Gasteiger partial charge on any atom is -0.350 e. The third-order valence-electron chi connectivity index (χ3n) is 5.03.